The molecular weight excluding hydrogens is 356 g/mol. The number of anilines is 2. The zero-order valence-corrected chi connectivity index (χ0v) is 16.3. The smallest absolute Gasteiger partial charge is 0.311 e. The third-order valence-electron chi connectivity index (χ3n) is 4.81. The van der Waals surface area contributed by atoms with Crippen molar-refractivity contribution in [2.24, 2.45) is 5.92 Å². The van der Waals surface area contributed by atoms with Crippen molar-refractivity contribution in [3.8, 4) is 0 Å². The van der Waals surface area contributed by atoms with Crippen molar-refractivity contribution < 1.29 is 19.1 Å². The minimum absolute atomic E-state index is 0.0888. The molecule has 6 nitrogen and oxygen atoms in total. The second kappa shape index (κ2) is 8.25. The van der Waals surface area contributed by atoms with Gasteiger partial charge in [0.25, 0.3) is 5.91 Å². The van der Waals surface area contributed by atoms with E-state index in [-0.39, 0.29) is 25.5 Å². The van der Waals surface area contributed by atoms with Gasteiger partial charge in [-0.05, 0) is 44.0 Å². The lowest BCUT2D eigenvalue weighted by Gasteiger charge is -2.16. The quantitative estimate of drug-likeness (QED) is 0.809. The molecule has 1 atom stereocenters. The Bertz CT molecular complexity index is 885. The number of ether oxygens (including phenoxy) is 1. The molecule has 0 saturated carbocycles. The molecule has 3 rings (SSSR count). The van der Waals surface area contributed by atoms with Crippen LogP contribution in [-0.2, 0) is 19.1 Å². The van der Waals surface area contributed by atoms with Crippen molar-refractivity contribution in [2.75, 3.05) is 23.4 Å². The van der Waals surface area contributed by atoms with Crippen LogP contribution < -0.4 is 10.2 Å². The molecule has 1 aliphatic heterocycles. The van der Waals surface area contributed by atoms with Crippen molar-refractivity contribution >= 4 is 29.2 Å². The summed E-state index contributed by atoms with van der Waals surface area (Å²) < 4.78 is 5.17. The van der Waals surface area contributed by atoms with Gasteiger partial charge >= 0.3 is 5.97 Å². The molecule has 0 bridgehead atoms. The molecule has 2 amide bonds. The second-order valence-electron chi connectivity index (χ2n) is 7.17. The van der Waals surface area contributed by atoms with Gasteiger partial charge in [-0.1, -0.05) is 35.9 Å². The van der Waals surface area contributed by atoms with Crippen LogP contribution in [0.25, 0.3) is 0 Å². The Balaban J connectivity index is 1.55. The Morgan fingerprint density at radius 1 is 1.11 bits per heavy atom. The van der Waals surface area contributed by atoms with Crippen LogP contribution in [0.3, 0.4) is 0 Å². The molecule has 0 radical (unpaired) electrons. The number of hydrogen-bond donors (Lipinski definition) is 1. The largest absolute Gasteiger partial charge is 0.455 e. The topological polar surface area (TPSA) is 75.7 Å². The first kappa shape index (κ1) is 19.6. The molecule has 146 valence electrons. The maximum atomic E-state index is 12.3. The number of carbonyl (C=O) groups excluding carboxylic acids is 3. The Kier molecular flexibility index (Phi) is 5.78. The number of aryl methyl sites for hydroxylation is 3. The van der Waals surface area contributed by atoms with Gasteiger partial charge in [0.2, 0.25) is 5.91 Å². The predicted octanol–water partition coefficient (Wildman–Crippen LogP) is 3.15. The molecule has 1 N–H and O–H groups in total. The summed E-state index contributed by atoms with van der Waals surface area (Å²) in [7, 11) is 0. The molecule has 0 unspecified atom stereocenters. The lowest BCUT2D eigenvalue weighted by Crippen LogP contribution is -2.28. The van der Waals surface area contributed by atoms with E-state index >= 15 is 0 Å². The van der Waals surface area contributed by atoms with Gasteiger partial charge in [0.1, 0.15) is 0 Å². The van der Waals surface area contributed by atoms with Crippen molar-refractivity contribution in [1.29, 1.82) is 0 Å². The van der Waals surface area contributed by atoms with Gasteiger partial charge in [0.15, 0.2) is 6.61 Å². The van der Waals surface area contributed by atoms with Crippen molar-refractivity contribution in [1.82, 2.24) is 0 Å². The number of amides is 2. The molecule has 0 spiro atoms. The number of para-hydroxylation sites is 1. The molecule has 0 aromatic heterocycles. The molecular formula is C22H24N2O4. The van der Waals surface area contributed by atoms with Crippen molar-refractivity contribution in [3.05, 3.63) is 59.2 Å². The first-order valence-electron chi connectivity index (χ1n) is 9.25. The van der Waals surface area contributed by atoms with E-state index < -0.39 is 17.8 Å². The Morgan fingerprint density at radius 3 is 2.39 bits per heavy atom. The van der Waals surface area contributed by atoms with E-state index in [1.165, 1.54) is 0 Å². The van der Waals surface area contributed by atoms with Crippen molar-refractivity contribution in [3.63, 3.8) is 0 Å². The summed E-state index contributed by atoms with van der Waals surface area (Å²) in [6.45, 7) is 5.73. The normalized spacial score (nSPS) is 16.2. The number of hydrogen-bond acceptors (Lipinski definition) is 4. The van der Waals surface area contributed by atoms with E-state index in [9.17, 15) is 14.4 Å². The maximum absolute atomic E-state index is 12.3. The van der Waals surface area contributed by atoms with E-state index in [1.807, 2.05) is 63.2 Å². The van der Waals surface area contributed by atoms with Crippen LogP contribution in [0.5, 0.6) is 0 Å². The van der Waals surface area contributed by atoms with Gasteiger partial charge in [0, 0.05) is 24.3 Å². The van der Waals surface area contributed by atoms with Crippen LogP contribution in [0.1, 0.15) is 23.1 Å². The SMILES string of the molecule is Cc1cc(C)c(NC(=O)COC(=O)[C@@H]2CC(=O)N(c3ccccc3)C2)c(C)c1. The molecule has 1 fully saturated rings. The summed E-state index contributed by atoms with van der Waals surface area (Å²) in [5.74, 6) is -1.61. The fourth-order valence-corrected chi connectivity index (χ4v) is 3.53. The molecule has 2 aromatic rings. The monoisotopic (exact) mass is 380 g/mol. The summed E-state index contributed by atoms with van der Waals surface area (Å²) in [5.41, 5.74) is 4.52. The molecule has 28 heavy (non-hydrogen) atoms. The van der Waals surface area contributed by atoms with Crippen LogP contribution in [0.15, 0.2) is 42.5 Å². The highest BCUT2D eigenvalue weighted by Gasteiger charge is 2.36. The average Bonchev–Trinajstić information content (AvgIpc) is 3.05. The standard InChI is InChI=1S/C22H24N2O4/c1-14-9-15(2)21(16(3)10-14)23-19(25)13-28-22(27)17-11-20(26)24(12-17)18-7-5-4-6-8-18/h4-10,17H,11-13H2,1-3H3,(H,23,25)/t17-/m1/s1. The molecule has 2 aromatic carbocycles. The molecule has 1 saturated heterocycles. The minimum Gasteiger partial charge on any atom is -0.455 e. The lowest BCUT2D eigenvalue weighted by molar-refractivity contribution is -0.151. The van der Waals surface area contributed by atoms with Crippen LogP contribution in [0.2, 0.25) is 0 Å². The summed E-state index contributed by atoms with van der Waals surface area (Å²) in [6, 6.07) is 13.2. The van der Waals surface area contributed by atoms with Gasteiger partial charge in [0.05, 0.1) is 5.92 Å². The predicted molar refractivity (Wildman–Crippen MR) is 107 cm³/mol. The van der Waals surface area contributed by atoms with E-state index in [0.29, 0.717) is 0 Å². The number of benzene rings is 2. The summed E-state index contributed by atoms with van der Waals surface area (Å²) in [5, 5.41) is 2.80. The van der Waals surface area contributed by atoms with Gasteiger partial charge in [-0.2, -0.15) is 0 Å². The van der Waals surface area contributed by atoms with Crippen LogP contribution in [-0.4, -0.2) is 30.9 Å². The zero-order chi connectivity index (χ0) is 20.3. The number of carbonyl (C=O) groups is 3. The van der Waals surface area contributed by atoms with Gasteiger partial charge in [-0.15, -0.1) is 0 Å². The van der Waals surface area contributed by atoms with Gasteiger partial charge < -0.3 is 15.0 Å². The van der Waals surface area contributed by atoms with Crippen LogP contribution in [0.4, 0.5) is 11.4 Å². The van der Waals surface area contributed by atoms with Crippen LogP contribution in [0, 0.1) is 26.7 Å². The number of rotatable bonds is 5. The fourth-order valence-electron chi connectivity index (χ4n) is 3.53. The third-order valence-corrected chi connectivity index (χ3v) is 4.81. The summed E-state index contributed by atoms with van der Waals surface area (Å²) in [4.78, 5) is 38.3. The lowest BCUT2D eigenvalue weighted by atomic mass is 10.1. The number of nitrogens with one attached hydrogen (secondary N) is 1. The summed E-state index contributed by atoms with van der Waals surface area (Å²) >= 11 is 0. The Labute approximate surface area is 164 Å². The molecule has 0 aliphatic carbocycles. The first-order valence-corrected chi connectivity index (χ1v) is 9.25. The van der Waals surface area contributed by atoms with Gasteiger partial charge in [-0.3, -0.25) is 14.4 Å². The number of esters is 1. The average molecular weight is 380 g/mol. The van der Waals surface area contributed by atoms with Crippen LogP contribution >= 0.6 is 0 Å². The molecule has 1 heterocycles. The number of nitrogens with zero attached hydrogens (tertiary/aromatic N) is 1. The third kappa shape index (κ3) is 4.39. The maximum Gasteiger partial charge on any atom is 0.311 e. The second-order valence-corrected chi connectivity index (χ2v) is 7.17. The van der Waals surface area contributed by atoms with E-state index in [4.69, 9.17) is 4.74 Å². The Hall–Kier alpha value is -3.15. The molecule has 6 heteroatoms. The van der Waals surface area contributed by atoms with E-state index in [2.05, 4.69) is 5.32 Å². The zero-order valence-electron chi connectivity index (χ0n) is 16.3. The minimum atomic E-state index is -0.566. The highest BCUT2D eigenvalue weighted by Crippen LogP contribution is 2.26. The van der Waals surface area contributed by atoms with Gasteiger partial charge in [-0.25, -0.2) is 0 Å². The fraction of sp³-hybridized carbons (Fsp3) is 0.318. The van der Waals surface area contributed by atoms with E-state index in [0.717, 1.165) is 28.1 Å². The summed E-state index contributed by atoms with van der Waals surface area (Å²) in [6.07, 6.45) is 0.0888. The van der Waals surface area contributed by atoms with Crippen molar-refractivity contribution in [2.45, 2.75) is 27.2 Å². The highest BCUT2D eigenvalue weighted by atomic mass is 16.5. The molecule has 1 aliphatic rings. The first-order chi connectivity index (χ1) is 13.3. The Morgan fingerprint density at radius 2 is 1.75 bits per heavy atom. The van der Waals surface area contributed by atoms with E-state index in [1.54, 1.807) is 4.90 Å². The highest BCUT2D eigenvalue weighted by molar-refractivity contribution is 6.00.